The molecule has 1 aliphatic heterocycles. The zero-order valence-electron chi connectivity index (χ0n) is 14.8. The largest absolute Gasteiger partial charge is 0.491 e. The average molecular weight is 334 g/mol. The van der Waals surface area contributed by atoms with E-state index in [9.17, 15) is 9.59 Å². The fourth-order valence-electron chi connectivity index (χ4n) is 2.44. The van der Waals surface area contributed by atoms with Crippen molar-refractivity contribution in [1.82, 2.24) is 4.90 Å². The Balaban J connectivity index is 2.00. The first-order valence-corrected chi connectivity index (χ1v) is 8.26. The number of ether oxygens (including phenoxy) is 2. The van der Waals surface area contributed by atoms with Gasteiger partial charge >= 0.3 is 0 Å². The summed E-state index contributed by atoms with van der Waals surface area (Å²) in [6.07, 6.45) is 0.0931. The molecule has 0 aromatic heterocycles. The van der Waals surface area contributed by atoms with E-state index < -0.39 is 5.41 Å². The minimum atomic E-state index is -1.13. The molecule has 132 valence electrons. The van der Waals surface area contributed by atoms with Crippen LogP contribution in [0.5, 0.6) is 5.75 Å². The number of nitrogens with one attached hydrogen (secondary N) is 1. The van der Waals surface area contributed by atoms with Gasteiger partial charge in [0.2, 0.25) is 11.8 Å². The zero-order chi connectivity index (χ0) is 17.7. The summed E-state index contributed by atoms with van der Waals surface area (Å²) in [7, 11) is 0. The lowest BCUT2D eigenvalue weighted by Crippen LogP contribution is -2.51. The lowest BCUT2D eigenvalue weighted by atomic mass is 9.90. The first kappa shape index (κ1) is 18.3. The maximum atomic E-state index is 12.6. The molecule has 0 spiro atoms. The normalized spacial score (nSPS) is 15.3. The smallest absolute Gasteiger partial charge is 0.239 e. The van der Waals surface area contributed by atoms with E-state index in [2.05, 4.69) is 5.32 Å². The van der Waals surface area contributed by atoms with Gasteiger partial charge in [0.05, 0.1) is 19.3 Å². The Labute approximate surface area is 143 Å². The van der Waals surface area contributed by atoms with Crippen LogP contribution in [0, 0.1) is 5.41 Å². The molecular weight excluding hydrogens is 308 g/mol. The number of benzene rings is 1. The number of anilines is 1. The lowest BCUT2D eigenvalue weighted by Gasteiger charge is -2.33. The molecule has 1 N–H and O–H groups in total. The van der Waals surface area contributed by atoms with Gasteiger partial charge in [-0.15, -0.1) is 0 Å². The van der Waals surface area contributed by atoms with Crippen LogP contribution in [0.4, 0.5) is 5.69 Å². The Hall–Kier alpha value is -2.08. The number of rotatable bonds is 5. The highest BCUT2D eigenvalue weighted by Gasteiger charge is 2.39. The first-order chi connectivity index (χ1) is 11.3. The molecule has 0 radical (unpaired) electrons. The van der Waals surface area contributed by atoms with Crippen molar-refractivity contribution in [3.05, 3.63) is 24.3 Å². The molecule has 1 heterocycles. The van der Waals surface area contributed by atoms with Crippen molar-refractivity contribution in [3.63, 3.8) is 0 Å². The predicted octanol–water partition coefficient (Wildman–Crippen LogP) is 2.30. The molecule has 6 heteroatoms. The second-order valence-corrected chi connectivity index (χ2v) is 6.67. The minimum absolute atomic E-state index is 0.0931. The molecule has 0 saturated carbocycles. The van der Waals surface area contributed by atoms with Crippen molar-refractivity contribution in [2.45, 2.75) is 33.8 Å². The second kappa shape index (κ2) is 7.66. The quantitative estimate of drug-likeness (QED) is 0.839. The van der Waals surface area contributed by atoms with Gasteiger partial charge in [0.25, 0.3) is 0 Å². The van der Waals surface area contributed by atoms with Gasteiger partial charge in [-0.3, -0.25) is 9.59 Å². The fraction of sp³-hybridized carbons (Fsp3) is 0.556. The van der Waals surface area contributed by atoms with Crippen molar-refractivity contribution in [2.75, 3.05) is 31.6 Å². The fourth-order valence-corrected chi connectivity index (χ4v) is 2.44. The van der Waals surface area contributed by atoms with E-state index in [4.69, 9.17) is 9.47 Å². The van der Waals surface area contributed by atoms with Crippen LogP contribution < -0.4 is 10.1 Å². The Kier molecular flexibility index (Phi) is 5.83. The maximum absolute atomic E-state index is 12.6. The average Bonchev–Trinajstić information content (AvgIpc) is 2.56. The number of carbonyl (C=O) groups is 2. The number of hydrogen-bond donors (Lipinski definition) is 1. The highest BCUT2D eigenvalue weighted by Crippen LogP contribution is 2.24. The van der Waals surface area contributed by atoms with E-state index in [0.29, 0.717) is 32.0 Å². The molecule has 1 aromatic rings. The summed E-state index contributed by atoms with van der Waals surface area (Å²) >= 11 is 0. The molecule has 6 nitrogen and oxygen atoms in total. The first-order valence-electron chi connectivity index (χ1n) is 8.26. The SMILES string of the molecule is CC(C)Oc1ccc(NC(=O)C(C)(C)C(=O)N2CCOCC2)cc1. The van der Waals surface area contributed by atoms with Crippen molar-refractivity contribution in [3.8, 4) is 5.75 Å². The molecule has 24 heavy (non-hydrogen) atoms. The van der Waals surface area contributed by atoms with Gasteiger partial charge in [0.1, 0.15) is 11.2 Å². The maximum Gasteiger partial charge on any atom is 0.239 e. The van der Waals surface area contributed by atoms with Gasteiger partial charge in [0, 0.05) is 18.8 Å². The number of carbonyl (C=O) groups excluding carboxylic acids is 2. The lowest BCUT2D eigenvalue weighted by molar-refractivity contribution is -0.149. The van der Waals surface area contributed by atoms with Gasteiger partial charge in [-0.2, -0.15) is 0 Å². The van der Waals surface area contributed by atoms with Crippen LogP contribution in [-0.2, 0) is 14.3 Å². The van der Waals surface area contributed by atoms with Crippen LogP contribution in [0.25, 0.3) is 0 Å². The Bertz CT molecular complexity index is 575. The van der Waals surface area contributed by atoms with Crippen LogP contribution in [0.1, 0.15) is 27.7 Å². The molecule has 0 bridgehead atoms. The van der Waals surface area contributed by atoms with Crippen LogP contribution in [0.3, 0.4) is 0 Å². The third-order valence-corrected chi connectivity index (χ3v) is 3.88. The summed E-state index contributed by atoms with van der Waals surface area (Å²) in [6.45, 7) is 9.28. The monoisotopic (exact) mass is 334 g/mol. The summed E-state index contributed by atoms with van der Waals surface area (Å²) < 4.78 is 10.8. The summed E-state index contributed by atoms with van der Waals surface area (Å²) in [5.74, 6) is 0.242. The van der Waals surface area contributed by atoms with Crippen molar-refractivity contribution in [2.24, 2.45) is 5.41 Å². The molecule has 0 atom stereocenters. The molecule has 0 aliphatic carbocycles. The highest BCUT2D eigenvalue weighted by atomic mass is 16.5. The highest BCUT2D eigenvalue weighted by molar-refractivity contribution is 6.09. The molecule has 1 aliphatic rings. The number of morpholine rings is 1. The Morgan fingerprint density at radius 1 is 1.17 bits per heavy atom. The van der Waals surface area contributed by atoms with Gasteiger partial charge in [-0.1, -0.05) is 0 Å². The van der Waals surface area contributed by atoms with E-state index in [-0.39, 0.29) is 17.9 Å². The van der Waals surface area contributed by atoms with E-state index in [1.807, 2.05) is 13.8 Å². The van der Waals surface area contributed by atoms with Gasteiger partial charge in [-0.25, -0.2) is 0 Å². The van der Waals surface area contributed by atoms with Crippen molar-refractivity contribution < 1.29 is 19.1 Å². The molecule has 1 saturated heterocycles. The molecule has 1 aromatic carbocycles. The third kappa shape index (κ3) is 4.47. The van der Waals surface area contributed by atoms with E-state index >= 15 is 0 Å². The molecule has 2 amide bonds. The van der Waals surface area contributed by atoms with Crippen LogP contribution in [0.15, 0.2) is 24.3 Å². The third-order valence-electron chi connectivity index (χ3n) is 3.88. The topological polar surface area (TPSA) is 67.9 Å². The van der Waals surface area contributed by atoms with E-state index in [0.717, 1.165) is 5.75 Å². The number of nitrogens with zero attached hydrogens (tertiary/aromatic N) is 1. The van der Waals surface area contributed by atoms with Crippen LogP contribution in [-0.4, -0.2) is 49.1 Å². The molecule has 1 fully saturated rings. The van der Waals surface area contributed by atoms with E-state index in [1.165, 1.54) is 0 Å². The van der Waals surface area contributed by atoms with Crippen molar-refractivity contribution >= 4 is 17.5 Å². The summed E-state index contributed by atoms with van der Waals surface area (Å²) in [5, 5.41) is 2.81. The van der Waals surface area contributed by atoms with Gasteiger partial charge < -0.3 is 19.7 Å². The molecular formula is C18H26N2O4. The van der Waals surface area contributed by atoms with Gasteiger partial charge in [0.15, 0.2) is 0 Å². The molecule has 0 unspecified atom stereocenters. The minimum Gasteiger partial charge on any atom is -0.491 e. The zero-order valence-corrected chi connectivity index (χ0v) is 14.8. The van der Waals surface area contributed by atoms with Gasteiger partial charge in [-0.05, 0) is 52.0 Å². The Morgan fingerprint density at radius 3 is 2.29 bits per heavy atom. The van der Waals surface area contributed by atoms with Crippen molar-refractivity contribution in [1.29, 1.82) is 0 Å². The number of amides is 2. The standard InChI is InChI=1S/C18H26N2O4/c1-13(2)24-15-7-5-14(6-8-15)19-16(21)18(3,4)17(22)20-9-11-23-12-10-20/h5-8,13H,9-12H2,1-4H3,(H,19,21). The number of hydrogen-bond acceptors (Lipinski definition) is 4. The summed E-state index contributed by atoms with van der Waals surface area (Å²) in [6, 6.07) is 7.13. The summed E-state index contributed by atoms with van der Waals surface area (Å²) in [5.41, 5.74) is -0.497. The summed E-state index contributed by atoms with van der Waals surface area (Å²) in [4.78, 5) is 26.9. The Morgan fingerprint density at radius 2 is 1.75 bits per heavy atom. The van der Waals surface area contributed by atoms with Crippen LogP contribution in [0.2, 0.25) is 0 Å². The predicted molar refractivity (Wildman–Crippen MR) is 92.0 cm³/mol. The van der Waals surface area contributed by atoms with E-state index in [1.54, 1.807) is 43.0 Å². The van der Waals surface area contributed by atoms with Crippen LogP contribution >= 0.6 is 0 Å². The second-order valence-electron chi connectivity index (χ2n) is 6.67. The molecule has 2 rings (SSSR count).